The van der Waals surface area contributed by atoms with Crippen molar-refractivity contribution in [1.82, 2.24) is 9.80 Å². The molecule has 0 aliphatic heterocycles. The number of carboxylic acid groups (broad SMARTS) is 3. The molecule has 0 aromatic carbocycles. The third-order valence-corrected chi connectivity index (χ3v) is 2.96. The summed E-state index contributed by atoms with van der Waals surface area (Å²) in [6, 6.07) is 0. The van der Waals surface area contributed by atoms with E-state index >= 15 is 0 Å². The molecule has 11 nitrogen and oxygen atoms in total. The number of rotatable bonds is 17. The minimum atomic E-state index is -1.12. The van der Waals surface area contributed by atoms with E-state index in [1.54, 1.807) is 0 Å². The number of aliphatic hydroxyl groups excluding tert-OH is 1. The van der Waals surface area contributed by atoms with Crippen molar-refractivity contribution in [2.24, 2.45) is 0 Å². The molecule has 150 valence electrons. The Morgan fingerprint density at radius 1 is 0.654 bits per heavy atom. The molecule has 26 heavy (non-hydrogen) atoms. The van der Waals surface area contributed by atoms with Crippen LogP contribution in [-0.4, -0.2) is 114 Å². The number of ether oxygens (including phenoxy) is 2. The van der Waals surface area contributed by atoms with Crippen LogP contribution in [0.4, 0.5) is 0 Å². The van der Waals surface area contributed by atoms with Gasteiger partial charge in [0, 0.05) is 13.1 Å². The van der Waals surface area contributed by atoms with Crippen LogP contribution >= 0.6 is 0 Å². The van der Waals surface area contributed by atoms with Crippen molar-refractivity contribution in [3.8, 4) is 0 Å². The lowest BCUT2D eigenvalue weighted by atomic mass is 10.4. The summed E-state index contributed by atoms with van der Waals surface area (Å²) in [5, 5.41) is 35.3. The van der Waals surface area contributed by atoms with Crippen LogP contribution in [-0.2, 0) is 23.9 Å². The highest BCUT2D eigenvalue weighted by molar-refractivity contribution is 5.72. The van der Waals surface area contributed by atoms with Gasteiger partial charge >= 0.3 is 17.9 Å². The van der Waals surface area contributed by atoms with Gasteiger partial charge in [0.25, 0.3) is 0 Å². The molecule has 0 bridgehead atoms. The second-order valence-corrected chi connectivity index (χ2v) is 5.39. The Balaban J connectivity index is 3.83. The molecule has 0 saturated heterocycles. The van der Waals surface area contributed by atoms with Crippen LogP contribution in [0.25, 0.3) is 0 Å². The SMILES string of the molecule is C=C(O)CN(CCOCCOCCN(CC(=O)O)CC(=O)O)CC(=O)O. The van der Waals surface area contributed by atoms with Crippen molar-refractivity contribution >= 4 is 17.9 Å². The minimum Gasteiger partial charge on any atom is -0.512 e. The molecule has 0 aliphatic rings. The number of hydrogen-bond acceptors (Lipinski definition) is 8. The lowest BCUT2D eigenvalue weighted by molar-refractivity contribution is -0.142. The summed E-state index contributed by atoms with van der Waals surface area (Å²) in [4.78, 5) is 34.6. The highest BCUT2D eigenvalue weighted by Gasteiger charge is 2.13. The first-order chi connectivity index (χ1) is 12.2. The quantitative estimate of drug-likeness (QED) is 0.181. The fourth-order valence-corrected chi connectivity index (χ4v) is 1.97. The first-order valence-corrected chi connectivity index (χ1v) is 7.83. The van der Waals surface area contributed by atoms with Gasteiger partial charge in [-0.25, -0.2) is 0 Å². The summed E-state index contributed by atoms with van der Waals surface area (Å²) in [5.41, 5.74) is 0. The molecule has 0 atom stereocenters. The van der Waals surface area contributed by atoms with E-state index in [0.717, 1.165) is 0 Å². The summed E-state index contributed by atoms with van der Waals surface area (Å²) >= 11 is 0. The third kappa shape index (κ3) is 15.3. The zero-order valence-electron chi connectivity index (χ0n) is 14.5. The molecule has 0 radical (unpaired) electrons. The number of hydrogen-bond donors (Lipinski definition) is 4. The fourth-order valence-electron chi connectivity index (χ4n) is 1.97. The van der Waals surface area contributed by atoms with Gasteiger partial charge in [-0.05, 0) is 0 Å². The predicted octanol–water partition coefficient (Wildman–Crippen LogP) is -1.05. The number of nitrogens with zero attached hydrogens (tertiary/aromatic N) is 2. The van der Waals surface area contributed by atoms with E-state index < -0.39 is 17.9 Å². The van der Waals surface area contributed by atoms with Gasteiger partial charge in [-0.15, -0.1) is 0 Å². The van der Waals surface area contributed by atoms with Crippen LogP contribution in [0.5, 0.6) is 0 Å². The van der Waals surface area contributed by atoms with Crippen LogP contribution in [0.2, 0.25) is 0 Å². The predicted molar refractivity (Wildman–Crippen MR) is 89.2 cm³/mol. The van der Waals surface area contributed by atoms with E-state index in [1.807, 2.05) is 0 Å². The molecule has 0 aliphatic carbocycles. The van der Waals surface area contributed by atoms with Crippen molar-refractivity contribution in [3.63, 3.8) is 0 Å². The normalized spacial score (nSPS) is 11.0. The Kier molecular flexibility index (Phi) is 12.8. The van der Waals surface area contributed by atoms with Crippen molar-refractivity contribution in [3.05, 3.63) is 12.3 Å². The molecule has 11 heteroatoms. The Hall–Kier alpha value is -2.21. The molecule has 0 amide bonds. The van der Waals surface area contributed by atoms with E-state index in [1.165, 1.54) is 9.80 Å². The van der Waals surface area contributed by atoms with E-state index in [0.29, 0.717) is 0 Å². The van der Waals surface area contributed by atoms with Gasteiger partial charge < -0.3 is 29.9 Å². The smallest absolute Gasteiger partial charge is 0.317 e. The summed E-state index contributed by atoms with van der Waals surface area (Å²) in [6.07, 6.45) is 0. The standard InChI is InChI=1S/C15H26N2O9/c1-12(18)8-16(9-13(19)20)2-4-25-6-7-26-5-3-17(10-14(21)22)11-15(23)24/h18H,1-11H2,(H,19,20)(H,21,22)(H,23,24). The molecular weight excluding hydrogens is 352 g/mol. The van der Waals surface area contributed by atoms with E-state index in [4.69, 9.17) is 29.9 Å². The van der Waals surface area contributed by atoms with Gasteiger partial charge in [-0.2, -0.15) is 0 Å². The number of carboxylic acids is 3. The average Bonchev–Trinajstić information content (AvgIpc) is 2.47. The topological polar surface area (TPSA) is 157 Å². The minimum absolute atomic E-state index is 0.0369. The Bertz CT molecular complexity index is 396. The van der Waals surface area contributed by atoms with Crippen LogP contribution in [0, 0.1) is 0 Å². The lowest BCUT2D eigenvalue weighted by Gasteiger charge is -2.19. The molecular formula is C15H26N2O9. The third-order valence-electron chi connectivity index (χ3n) is 2.96. The zero-order chi connectivity index (χ0) is 19.9. The summed E-state index contributed by atoms with van der Waals surface area (Å²) in [5.74, 6) is -3.40. The maximum Gasteiger partial charge on any atom is 0.317 e. The van der Waals surface area contributed by atoms with E-state index in [9.17, 15) is 14.4 Å². The van der Waals surface area contributed by atoms with Gasteiger partial charge in [0.05, 0.1) is 58.4 Å². The fraction of sp³-hybridized carbons (Fsp3) is 0.667. The van der Waals surface area contributed by atoms with Crippen molar-refractivity contribution in [2.45, 2.75) is 0 Å². The monoisotopic (exact) mass is 378 g/mol. The highest BCUT2D eigenvalue weighted by Crippen LogP contribution is 1.94. The van der Waals surface area contributed by atoms with Gasteiger partial charge in [0.1, 0.15) is 0 Å². The second-order valence-electron chi connectivity index (χ2n) is 5.39. The number of aliphatic hydroxyl groups is 1. The molecule has 0 rings (SSSR count). The van der Waals surface area contributed by atoms with Gasteiger partial charge in [0.2, 0.25) is 0 Å². The Morgan fingerprint density at radius 3 is 1.31 bits per heavy atom. The summed E-state index contributed by atoms with van der Waals surface area (Å²) in [7, 11) is 0. The molecule has 0 fully saturated rings. The highest BCUT2D eigenvalue weighted by atomic mass is 16.5. The van der Waals surface area contributed by atoms with Crippen LogP contribution in [0.1, 0.15) is 0 Å². The van der Waals surface area contributed by atoms with Crippen molar-refractivity contribution in [2.75, 3.05) is 65.7 Å². The maximum absolute atomic E-state index is 10.7. The second kappa shape index (κ2) is 14.0. The van der Waals surface area contributed by atoms with Gasteiger partial charge in [-0.1, -0.05) is 6.58 Å². The van der Waals surface area contributed by atoms with E-state index in [2.05, 4.69) is 6.58 Å². The van der Waals surface area contributed by atoms with Crippen LogP contribution in [0.15, 0.2) is 12.3 Å². The van der Waals surface area contributed by atoms with Crippen LogP contribution in [0.3, 0.4) is 0 Å². The molecule has 0 unspecified atom stereocenters. The molecule has 0 spiro atoms. The molecule has 4 N–H and O–H groups in total. The first kappa shape index (κ1) is 23.8. The van der Waals surface area contributed by atoms with E-state index in [-0.39, 0.29) is 71.5 Å². The van der Waals surface area contributed by atoms with Gasteiger partial charge in [0.15, 0.2) is 0 Å². The average molecular weight is 378 g/mol. The molecule has 0 heterocycles. The Morgan fingerprint density at radius 2 is 1.00 bits per heavy atom. The molecule has 0 saturated carbocycles. The first-order valence-electron chi connectivity index (χ1n) is 7.83. The number of aliphatic carboxylic acids is 3. The summed E-state index contributed by atoms with van der Waals surface area (Å²) in [6.45, 7) is 3.61. The van der Waals surface area contributed by atoms with Crippen LogP contribution < -0.4 is 0 Å². The van der Waals surface area contributed by atoms with Crippen molar-refractivity contribution in [1.29, 1.82) is 0 Å². The Labute approximate surface area is 151 Å². The largest absolute Gasteiger partial charge is 0.512 e. The number of carbonyl (C=O) groups is 3. The molecule has 0 aromatic rings. The van der Waals surface area contributed by atoms with Crippen molar-refractivity contribution < 1.29 is 44.3 Å². The van der Waals surface area contributed by atoms with Gasteiger partial charge in [-0.3, -0.25) is 24.2 Å². The lowest BCUT2D eigenvalue weighted by Crippen LogP contribution is -2.37. The zero-order valence-corrected chi connectivity index (χ0v) is 14.5. The summed E-state index contributed by atoms with van der Waals surface area (Å²) < 4.78 is 10.5. The maximum atomic E-state index is 10.7. The molecule has 0 aromatic heterocycles.